The summed E-state index contributed by atoms with van der Waals surface area (Å²) in [5.74, 6) is -0.255. The number of hydrogen-bond acceptors (Lipinski definition) is 3. The number of hydrogen-bond donors (Lipinski definition) is 2. The summed E-state index contributed by atoms with van der Waals surface area (Å²) in [6.07, 6.45) is 0.753. The Balaban J connectivity index is 2.81. The Bertz CT molecular complexity index is 347. The zero-order chi connectivity index (χ0) is 13.6. The molecule has 1 aromatic carbocycles. The Hall–Kier alpha value is -0.970. The van der Waals surface area contributed by atoms with Crippen LogP contribution in [0.5, 0.6) is 0 Å². The van der Waals surface area contributed by atoms with E-state index < -0.39 is 5.54 Å². The van der Waals surface area contributed by atoms with Gasteiger partial charge in [0, 0.05) is 13.1 Å². The van der Waals surface area contributed by atoms with Gasteiger partial charge in [-0.15, -0.1) is 0 Å². The molecule has 1 atom stereocenters. The monoisotopic (exact) mass is 254 g/mol. The molecule has 1 aromatic rings. The minimum atomic E-state index is -0.482. The third kappa shape index (κ3) is 3.77. The van der Waals surface area contributed by atoms with Crippen molar-refractivity contribution in [2.24, 2.45) is 0 Å². The molecule has 3 nitrogen and oxygen atoms in total. The van der Waals surface area contributed by atoms with Gasteiger partial charge in [0.25, 0.3) is 0 Å². The van der Waals surface area contributed by atoms with Crippen LogP contribution in [0.4, 0.5) is 4.39 Å². The van der Waals surface area contributed by atoms with Gasteiger partial charge in [0.15, 0.2) is 0 Å². The van der Waals surface area contributed by atoms with Gasteiger partial charge >= 0.3 is 0 Å². The van der Waals surface area contributed by atoms with E-state index in [4.69, 9.17) is 0 Å². The van der Waals surface area contributed by atoms with Crippen LogP contribution < -0.4 is 5.32 Å². The van der Waals surface area contributed by atoms with Gasteiger partial charge in [0.05, 0.1) is 12.1 Å². The maximum Gasteiger partial charge on any atom is 0.123 e. The fraction of sp³-hybridized carbons (Fsp3) is 0.571. The summed E-state index contributed by atoms with van der Waals surface area (Å²) >= 11 is 0. The number of aliphatic hydroxyl groups excluding tert-OH is 1. The van der Waals surface area contributed by atoms with Gasteiger partial charge in [-0.25, -0.2) is 4.39 Å². The van der Waals surface area contributed by atoms with Crippen LogP contribution in [0.2, 0.25) is 0 Å². The highest BCUT2D eigenvalue weighted by Gasteiger charge is 2.28. The quantitative estimate of drug-likeness (QED) is 0.775. The third-order valence-electron chi connectivity index (χ3n) is 3.29. The first-order valence-electron chi connectivity index (χ1n) is 6.30. The molecule has 4 heteroatoms. The van der Waals surface area contributed by atoms with Crippen LogP contribution in [0.15, 0.2) is 24.3 Å². The van der Waals surface area contributed by atoms with E-state index in [1.54, 1.807) is 12.1 Å². The van der Waals surface area contributed by atoms with Gasteiger partial charge in [-0.2, -0.15) is 0 Å². The highest BCUT2D eigenvalue weighted by molar-refractivity contribution is 5.25. The first-order chi connectivity index (χ1) is 8.54. The summed E-state index contributed by atoms with van der Waals surface area (Å²) in [6, 6.07) is 6.33. The van der Waals surface area contributed by atoms with Crippen LogP contribution >= 0.6 is 0 Å². The number of halogens is 1. The number of benzene rings is 1. The lowest BCUT2D eigenvalue weighted by atomic mass is 9.88. The fourth-order valence-corrected chi connectivity index (χ4v) is 1.98. The Labute approximate surface area is 109 Å². The molecule has 0 aliphatic heterocycles. The molecular weight excluding hydrogens is 231 g/mol. The van der Waals surface area contributed by atoms with Crippen molar-refractivity contribution >= 4 is 0 Å². The molecule has 0 saturated heterocycles. The molecule has 0 amide bonds. The third-order valence-corrected chi connectivity index (χ3v) is 3.29. The van der Waals surface area contributed by atoms with E-state index in [9.17, 15) is 9.50 Å². The molecule has 0 aliphatic carbocycles. The van der Waals surface area contributed by atoms with Crippen molar-refractivity contribution in [1.29, 1.82) is 0 Å². The maximum atomic E-state index is 13.0. The SMILES string of the molecule is CCC(CO)(NCCN(C)C)c1ccc(F)cc1. The fourth-order valence-electron chi connectivity index (χ4n) is 1.98. The molecule has 0 saturated carbocycles. The summed E-state index contributed by atoms with van der Waals surface area (Å²) in [5.41, 5.74) is 0.441. The number of nitrogens with zero attached hydrogens (tertiary/aromatic N) is 1. The lowest BCUT2D eigenvalue weighted by Crippen LogP contribution is -2.47. The predicted molar refractivity (Wildman–Crippen MR) is 72.0 cm³/mol. The minimum Gasteiger partial charge on any atom is -0.394 e. The van der Waals surface area contributed by atoms with Crippen molar-refractivity contribution in [3.05, 3.63) is 35.6 Å². The van der Waals surface area contributed by atoms with Gasteiger partial charge in [-0.1, -0.05) is 19.1 Å². The molecule has 2 N–H and O–H groups in total. The average Bonchev–Trinajstić information content (AvgIpc) is 2.36. The molecule has 1 unspecified atom stereocenters. The van der Waals surface area contributed by atoms with Crippen LogP contribution in [-0.4, -0.2) is 43.8 Å². The van der Waals surface area contributed by atoms with Crippen LogP contribution in [0.1, 0.15) is 18.9 Å². The molecule has 0 aliphatic rings. The van der Waals surface area contributed by atoms with Gasteiger partial charge in [-0.05, 0) is 38.2 Å². The molecule has 0 spiro atoms. The molecule has 18 heavy (non-hydrogen) atoms. The molecule has 1 rings (SSSR count). The van der Waals surface area contributed by atoms with Gasteiger partial charge in [0.1, 0.15) is 5.82 Å². The molecule has 0 bridgehead atoms. The van der Waals surface area contributed by atoms with E-state index in [1.807, 2.05) is 21.0 Å². The predicted octanol–water partition coefficient (Wildman–Crippen LogP) is 1.57. The number of aliphatic hydroxyl groups is 1. The van der Waals surface area contributed by atoms with E-state index in [-0.39, 0.29) is 12.4 Å². The normalized spacial score (nSPS) is 14.8. The molecular formula is C14H23FN2O. The lowest BCUT2D eigenvalue weighted by Gasteiger charge is -2.33. The Morgan fingerprint density at radius 1 is 1.28 bits per heavy atom. The first-order valence-corrected chi connectivity index (χ1v) is 6.30. The molecule has 0 radical (unpaired) electrons. The van der Waals surface area contributed by atoms with Crippen LogP contribution in [-0.2, 0) is 5.54 Å². The highest BCUT2D eigenvalue weighted by atomic mass is 19.1. The van der Waals surface area contributed by atoms with Crippen molar-refractivity contribution in [3.8, 4) is 0 Å². The summed E-state index contributed by atoms with van der Waals surface area (Å²) in [4.78, 5) is 2.08. The zero-order valence-corrected chi connectivity index (χ0v) is 11.4. The van der Waals surface area contributed by atoms with Gasteiger partial charge in [0.2, 0.25) is 0 Å². The average molecular weight is 254 g/mol. The standard InChI is InChI=1S/C14H23FN2O/c1-4-14(11-18,16-9-10-17(2)3)12-5-7-13(15)8-6-12/h5-8,16,18H,4,9-11H2,1-3H3. The first kappa shape index (κ1) is 15.1. The maximum absolute atomic E-state index is 13.0. The Morgan fingerprint density at radius 2 is 1.89 bits per heavy atom. The summed E-state index contributed by atoms with van der Waals surface area (Å²) in [6.45, 7) is 3.69. The number of nitrogens with one attached hydrogen (secondary N) is 1. The van der Waals surface area contributed by atoms with Gasteiger partial charge < -0.3 is 15.3 Å². The van der Waals surface area contributed by atoms with E-state index in [0.29, 0.717) is 0 Å². The van der Waals surface area contributed by atoms with Crippen molar-refractivity contribution < 1.29 is 9.50 Å². The largest absolute Gasteiger partial charge is 0.394 e. The second kappa shape index (κ2) is 6.83. The minimum absolute atomic E-state index is 0.00254. The van der Waals surface area contributed by atoms with Gasteiger partial charge in [-0.3, -0.25) is 0 Å². The molecule has 0 fully saturated rings. The van der Waals surface area contributed by atoms with Crippen molar-refractivity contribution in [3.63, 3.8) is 0 Å². The van der Waals surface area contributed by atoms with Crippen LogP contribution in [0.25, 0.3) is 0 Å². The van der Waals surface area contributed by atoms with Crippen LogP contribution in [0, 0.1) is 5.82 Å². The second-order valence-electron chi connectivity index (χ2n) is 4.83. The van der Waals surface area contributed by atoms with E-state index in [1.165, 1.54) is 12.1 Å². The van der Waals surface area contributed by atoms with E-state index in [2.05, 4.69) is 10.2 Å². The number of rotatable bonds is 7. The Morgan fingerprint density at radius 3 is 2.33 bits per heavy atom. The summed E-state index contributed by atoms with van der Waals surface area (Å²) in [5, 5.41) is 13.1. The van der Waals surface area contributed by atoms with Crippen molar-refractivity contribution in [2.45, 2.75) is 18.9 Å². The number of likely N-dealkylation sites (N-methyl/N-ethyl adjacent to an activating group) is 1. The highest BCUT2D eigenvalue weighted by Crippen LogP contribution is 2.24. The summed E-state index contributed by atoms with van der Waals surface area (Å²) in [7, 11) is 4.01. The topological polar surface area (TPSA) is 35.5 Å². The molecule has 102 valence electrons. The van der Waals surface area contributed by atoms with Crippen molar-refractivity contribution in [1.82, 2.24) is 10.2 Å². The molecule has 0 aromatic heterocycles. The Kier molecular flexibility index (Phi) is 5.72. The smallest absolute Gasteiger partial charge is 0.123 e. The lowest BCUT2D eigenvalue weighted by molar-refractivity contribution is 0.152. The second-order valence-corrected chi connectivity index (χ2v) is 4.83. The summed E-state index contributed by atoms with van der Waals surface area (Å²) < 4.78 is 13.0. The van der Waals surface area contributed by atoms with Crippen LogP contribution in [0.3, 0.4) is 0 Å². The zero-order valence-electron chi connectivity index (χ0n) is 11.4. The van der Waals surface area contributed by atoms with E-state index in [0.717, 1.165) is 25.1 Å². The van der Waals surface area contributed by atoms with E-state index >= 15 is 0 Å². The van der Waals surface area contributed by atoms with Crippen molar-refractivity contribution in [2.75, 3.05) is 33.8 Å². The molecule has 0 heterocycles.